The van der Waals surface area contributed by atoms with E-state index in [1.165, 1.54) is 6.08 Å². The Morgan fingerprint density at radius 2 is 1.43 bits per heavy atom. The van der Waals surface area contributed by atoms with Gasteiger partial charge in [0.25, 0.3) is 8.32 Å². The van der Waals surface area contributed by atoms with Gasteiger partial charge in [0.2, 0.25) is 0 Å². The minimum atomic E-state index is -2.85. The number of allylic oxidation sites excluding steroid dienone is 1. The molecule has 2 aromatic rings. The summed E-state index contributed by atoms with van der Waals surface area (Å²) in [7, 11) is -4.27. The highest BCUT2D eigenvalue weighted by Gasteiger charge is 2.50. The number of carbonyl (C=O) groups excluding carboxylic acids is 2. The molecule has 1 N–H and O–H groups in total. The van der Waals surface area contributed by atoms with Crippen molar-refractivity contribution in [1.29, 1.82) is 0 Å². The monoisotopic (exact) mass is 543 g/mol. The number of ketones is 1. The van der Waals surface area contributed by atoms with Gasteiger partial charge < -0.3 is 9.16 Å². The summed E-state index contributed by atoms with van der Waals surface area (Å²) >= 11 is 0. The van der Waals surface area contributed by atoms with Crippen LogP contribution in [-0.2, 0) is 29.7 Å². The maximum absolute atomic E-state index is 13.0. The summed E-state index contributed by atoms with van der Waals surface area (Å²) in [6, 6.07) is 19.9. The standard InChI is InChI=1S/C29H41NO5SSi/c1-8-34-27(32)20-19-24(31)21-23(30-36(33)28(2,3)4)22-35-37(29(5,6)7,25-15-11-9-12-16-25)26-17-13-10-14-18-26/h9-20,23,30H,8,21-22H2,1-7H3/b20-19+/t23-,36?/m1/s1. The predicted molar refractivity (Wildman–Crippen MR) is 154 cm³/mol. The van der Waals surface area contributed by atoms with Crippen molar-refractivity contribution in [3.05, 3.63) is 72.8 Å². The molecule has 0 amide bonds. The van der Waals surface area contributed by atoms with Crippen molar-refractivity contribution < 1.29 is 23.0 Å². The van der Waals surface area contributed by atoms with Gasteiger partial charge in [-0.1, -0.05) is 81.4 Å². The average Bonchev–Trinajstić information content (AvgIpc) is 2.83. The van der Waals surface area contributed by atoms with Crippen LogP contribution in [0.15, 0.2) is 72.8 Å². The maximum Gasteiger partial charge on any atom is 0.330 e. The van der Waals surface area contributed by atoms with Crippen molar-refractivity contribution in [2.24, 2.45) is 0 Å². The van der Waals surface area contributed by atoms with Gasteiger partial charge in [-0.15, -0.1) is 0 Å². The van der Waals surface area contributed by atoms with E-state index in [2.05, 4.69) is 49.8 Å². The highest BCUT2D eigenvalue weighted by Crippen LogP contribution is 2.37. The number of benzene rings is 2. The molecule has 0 saturated heterocycles. The van der Waals surface area contributed by atoms with E-state index in [0.29, 0.717) is 0 Å². The Bertz CT molecular complexity index is 1040. The molecule has 37 heavy (non-hydrogen) atoms. The van der Waals surface area contributed by atoms with Gasteiger partial charge in [0.05, 0.1) is 28.9 Å². The van der Waals surface area contributed by atoms with Gasteiger partial charge in [0.15, 0.2) is 5.78 Å². The summed E-state index contributed by atoms with van der Waals surface area (Å²) in [5, 5.41) is 2.01. The predicted octanol–water partition coefficient (Wildman–Crippen LogP) is 4.06. The fourth-order valence-electron chi connectivity index (χ4n) is 4.11. The maximum atomic E-state index is 13.0. The number of carbonyl (C=O) groups is 2. The fraction of sp³-hybridized carbons (Fsp3) is 0.448. The van der Waals surface area contributed by atoms with Crippen LogP contribution in [0.25, 0.3) is 0 Å². The molecule has 0 heterocycles. The molecule has 202 valence electrons. The van der Waals surface area contributed by atoms with Crippen molar-refractivity contribution in [3.63, 3.8) is 0 Å². The first-order valence-electron chi connectivity index (χ1n) is 12.6. The topological polar surface area (TPSA) is 81.7 Å². The molecule has 0 aliphatic heterocycles. The van der Waals surface area contributed by atoms with Gasteiger partial charge >= 0.3 is 5.97 Å². The van der Waals surface area contributed by atoms with E-state index in [1.54, 1.807) is 6.92 Å². The largest absolute Gasteiger partial charge is 0.463 e. The van der Waals surface area contributed by atoms with Gasteiger partial charge in [0, 0.05) is 18.5 Å². The third kappa shape index (κ3) is 8.57. The highest BCUT2D eigenvalue weighted by atomic mass is 32.2. The normalized spacial score (nSPS) is 14.4. The van der Waals surface area contributed by atoms with E-state index >= 15 is 0 Å². The first kappa shape index (κ1) is 30.8. The zero-order valence-electron chi connectivity index (χ0n) is 23.1. The zero-order valence-corrected chi connectivity index (χ0v) is 24.9. The Morgan fingerprint density at radius 1 is 0.919 bits per heavy atom. The summed E-state index contributed by atoms with van der Waals surface area (Å²) in [4.78, 5) is 24.5. The Kier molecular flexibility index (Phi) is 11.2. The minimum absolute atomic E-state index is 0.0237. The summed E-state index contributed by atoms with van der Waals surface area (Å²) in [5.41, 5.74) is 0. The molecule has 0 spiro atoms. The number of esters is 1. The lowest BCUT2D eigenvalue weighted by Crippen LogP contribution is -2.67. The van der Waals surface area contributed by atoms with E-state index < -0.39 is 36.1 Å². The second-order valence-corrected chi connectivity index (χ2v) is 17.2. The van der Waals surface area contributed by atoms with Crippen molar-refractivity contribution in [2.75, 3.05) is 13.2 Å². The molecule has 2 atom stereocenters. The van der Waals surface area contributed by atoms with Gasteiger partial charge in [-0.25, -0.2) is 13.7 Å². The van der Waals surface area contributed by atoms with Crippen molar-refractivity contribution in [3.8, 4) is 0 Å². The molecular weight excluding hydrogens is 502 g/mol. The van der Waals surface area contributed by atoms with Crippen molar-refractivity contribution in [2.45, 2.75) is 70.7 Å². The second kappa shape index (κ2) is 13.4. The molecule has 8 heteroatoms. The minimum Gasteiger partial charge on any atom is -0.463 e. The summed E-state index contributed by atoms with van der Waals surface area (Å²) < 4.78 is 27.5. The third-order valence-corrected chi connectivity index (χ3v) is 12.6. The lowest BCUT2D eigenvalue weighted by molar-refractivity contribution is -0.137. The van der Waals surface area contributed by atoms with Crippen LogP contribution in [-0.4, -0.2) is 48.3 Å². The van der Waals surface area contributed by atoms with Gasteiger partial charge in [-0.3, -0.25) is 4.79 Å². The Morgan fingerprint density at radius 3 is 1.86 bits per heavy atom. The number of hydrogen-bond donors (Lipinski definition) is 1. The van der Waals surface area contributed by atoms with Crippen LogP contribution >= 0.6 is 0 Å². The lowest BCUT2D eigenvalue weighted by Gasteiger charge is -2.43. The van der Waals surface area contributed by atoms with Crippen LogP contribution in [0.5, 0.6) is 0 Å². The molecule has 0 fully saturated rings. The molecule has 0 aliphatic carbocycles. The smallest absolute Gasteiger partial charge is 0.330 e. The summed E-state index contributed by atoms with van der Waals surface area (Å²) in [5.74, 6) is -0.843. The van der Waals surface area contributed by atoms with E-state index in [-0.39, 0.29) is 30.5 Å². The first-order valence-corrected chi connectivity index (χ1v) is 15.7. The molecule has 0 bridgehead atoms. The number of nitrogens with one attached hydrogen (secondary N) is 1. The molecule has 0 saturated carbocycles. The number of ether oxygens (including phenoxy) is 1. The summed E-state index contributed by atoms with van der Waals surface area (Å²) in [6.45, 7) is 14.3. The van der Waals surface area contributed by atoms with Crippen LogP contribution in [0, 0.1) is 0 Å². The lowest BCUT2D eigenvalue weighted by atomic mass is 10.1. The van der Waals surface area contributed by atoms with Crippen molar-refractivity contribution >= 4 is 41.4 Å². The first-order chi connectivity index (χ1) is 17.3. The van der Waals surface area contributed by atoms with E-state index in [4.69, 9.17) is 9.16 Å². The van der Waals surface area contributed by atoms with E-state index in [1.807, 2.05) is 57.2 Å². The Balaban J connectivity index is 2.45. The SMILES string of the molecule is CCOC(=O)/C=C/C(=O)C[C@H](CO[Si](c1ccccc1)(c1ccccc1)C(C)(C)C)NS(=O)C(C)(C)C. The average molecular weight is 544 g/mol. The van der Waals surface area contributed by atoms with Crippen molar-refractivity contribution in [1.82, 2.24) is 4.72 Å². The van der Waals surface area contributed by atoms with Crippen LogP contribution < -0.4 is 15.1 Å². The van der Waals surface area contributed by atoms with Gasteiger partial charge in [0.1, 0.15) is 0 Å². The fourth-order valence-corrected chi connectivity index (χ4v) is 9.53. The number of rotatable bonds is 12. The Labute approximate surface area is 225 Å². The molecule has 0 radical (unpaired) electrons. The molecule has 6 nitrogen and oxygen atoms in total. The summed E-state index contributed by atoms with van der Waals surface area (Å²) in [6.07, 6.45) is 2.37. The van der Waals surface area contributed by atoms with Gasteiger partial charge in [-0.2, -0.15) is 0 Å². The second-order valence-electron chi connectivity index (χ2n) is 10.9. The Hall–Kier alpha value is -2.39. The molecule has 2 aromatic carbocycles. The third-order valence-electron chi connectivity index (χ3n) is 5.89. The molecule has 2 rings (SSSR count). The van der Waals surface area contributed by atoms with Crippen LogP contribution in [0.1, 0.15) is 54.9 Å². The molecule has 1 unspecified atom stereocenters. The molecule has 0 aliphatic rings. The van der Waals surface area contributed by atoms with Gasteiger partial charge in [-0.05, 0) is 49.2 Å². The van der Waals surface area contributed by atoms with Crippen LogP contribution in [0.4, 0.5) is 0 Å². The highest BCUT2D eigenvalue weighted by molar-refractivity contribution is 7.84. The molecular formula is C29H41NO5SSi. The van der Waals surface area contributed by atoms with Crippen LogP contribution in [0.3, 0.4) is 0 Å². The van der Waals surface area contributed by atoms with Crippen LogP contribution in [0.2, 0.25) is 5.04 Å². The quantitative estimate of drug-likeness (QED) is 0.248. The number of hydrogen-bond acceptors (Lipinski definition) is 5. The molecule has 0 aromatic heterocycles. The van der Waals surface area contributed by atoms with E-state index in [0.717, 1.165) is 16.4 Å². The van der Waals surface area contributed by atoms with E-state index in [9.17, 15) is 13.8 Å². The zero-order chi connectivity index (χ0) is 27.7.